The van der Waals surface area contributed by atoms with E-state index >= 15 is 0 Å². The smallest absolute Gasteiger partial charge is 0.00789 e. The van der Waals surface area contributed by atoms with Crippen molar-refractivity contribution in [2.24, 2.45) is 0 Å². The van der Waals surface area contributed by atoms with Crippen LogP contribution in [0.4, 0.5) is 0 Å². The summed E-state index contributed by atoms with van der Waals surface area (Å²) in [4.78, 5) is 0. The summed E-state index contributed by atoms with van der Waals surface area (Å²) in [6.07, 6.45) is 1.25. The summed E-state index contributed by atoms with van der Waals surface area (Å²) < 4.78 is 0. The van der Waals surface area contributed by atoms with Crippen LogP contribution in [-0.2, 0) is 0 Å². The standard InChI is InChI=1S/C6H16N2.C3H8/c1-6(2)8-5-4-7-3;1-3-2/h6-8H,4-5H2,1-3H3;3H2,1-2H3. The normalized spacial score (nSPS) is 9.27. The largest absolute Gasteiger partial charge is 0.318 e. The first kappa shape index (κ1) is 13.5. The third-order valence-corrected chi connectivity index (χ3v) is 0.928. The van der Waals surface area contributed by atoms with E-state index in [9.17, 15) is 0 Å². The molecule has 0 radical (unpaired) electrons. The van der Waals surface area contributed by atoms with Gasteiger partial charge >= 0.3 is 0 Å². The van der Waals surface area contributed by atoms with Crippen molar-refractivity contribution in [3.63, 3.8) is 0 Å². The van der Waals surface area contributed by atoms with Crippen LogP contribution in [0.15, 0.2) is 0 Å². The molecule has 0 saturated carbocycles. The Hall–Kier alpha value is -0.0800. The van der Waals surface area contributed by atoms with Crippen LogP contribution in [0.25, 0.3) is 0 Å². The SMILES string of the molecule is CCC.CNCCNC(C)C. The first-order chi connectivity index (χ1) is 5.18. The molecular formula is C9H24N2. The highest BCUT2D eigenvalue weighted by molar-refractivity contribution is 4.52. The van der Waals surface area contributed by atoms with Crippen LogP contribution < -0.4 is 10.6 Å². The Morgan fingerprint density at radius 3 is 1.82 bits per heavy atom. The first-order valence-corrected chi connectivity index (χ1v) is 4.56. The van der Waals surface area contributed by atoms with Crippen LogP contribution in [0.2, 0.25) is 0 Å². The summed E-state index contributed by atoms with van der Waals surface area (Å²) >= 11 is 0. The van der Waals surface area contributed by atoms with E-state index in [1.807, 2.05) is 7.05 Å². The second-order valence-electron chi connectivity index (χ2n) is 2.92. The van der Waals surface area contributed by atoms with Crippen LogP contribution in [0.5, 0.6) is 0 Å². The molecule has 0 aromatic heterocycles. The topological polar surface area (TPSA) is 24.1 Å². The fraction of sp³-hybridized carbons (Fsp3) is 1.00. The highest BCUT2D eigenvalue weighted by atomic mass is 14.9. The minimum Gasteiger partial charge on any atom is -0.318 e. The van der Waals surface area contributed by atoms with Gasteiger partial charge in [-0.1, -0.05) is 34.1 Å². The van der Waals surface area contributed by atoms with E-state index in [0.717, 1.165) is 13.1 Å². The average Bonchev–Trinajstić information content (AvgIpc) is 1.89. The number of hydrogen-bond acceptors (Lipinski definition) is 2. The number of hydrogen-bond donors (Lipinski definition) is 2. The highest BCUT2D eigenvalue weighted by Gasteiger charge is 1.87. The van der Waals surface area contributed by atoms with E-state index in [1.165, 1.54) is 6.42 Å². The maximum atomic E-state index is 3.28. The Labute approximate surface area is 71.8 Å². The van der Waals surface area contributed by atoms with Crippen LogP contribution in [0.3, 0.4) is 0 Å². The molecule has 0 unspecified atom stereocenters. The van der Waals surface area contributed by atoms with Gasteiger partial charge in [0, 0.05) is 19.1 Å². The Kier molecular flexibility index (Phi) is 15.4. The van der Waals surface area contributed by atoms with Gasteiger partial charge in [-0.05, 0) is 7.05 Å². The quantitative estimate of drug-likeness (QED) is 0.611. The lowest BCUT2D eigenvalue weighted by Crippen LogP contribution is -2.29. The van der Waals surface area contributed by atoms with E-state index in [0.29, 0.717) is 6.04 Å². The van der Waals surface area contributed by atoms with Crippen molar-refractivity contribution in [2.45, 2.75) is 40.2 Å². The zero-order valence-electron chi connectivity index (χ0n) is 8.70. The van der Waals surface area contributed by atoms with Crippen molar-refractivity contribution in [2.75, 3.05) is 20.1 Å². The molecule has 0 aliphatic heterocycles. The zero-order chi connectivity index (χ0) is 9.11. The molecule has 0 saturated heterocycles. The Balaban J connectivity index is 0. The molecular weight excluding hydrogens is 136 g/mol. The maximum absolute atomic E-state index is 3.28. The summed E-state index contributed by atoms with van der Waals surface area (Å²) in [5, 5.41) is 6.34. The second-order valence-corrected chi connectivity index (χ2v) is 2.92. The van der Waals surface area contributed by atoms with Gasteiger partial charge < -0.3 is 10.6 Å². The molecule has 0 amide bonds. The van der Waals surface area contributed by atoms with E-state index < -0.39 is 0 Å². The van der Waals surface area contributed by atoms with Gasteiger partial charge in [-0.25, -0.2) is 0 Å². The van der Waals surface area contributed by atoms with Crippen molar-refractivity contribution in [3.8, 4) is 0 Å². The summed E-state index contributed by atoms with van der Waals surface area (Å²) in [7, 11) is 1.96. The van der Waals surface area contributed by atoms with Gasteiger partial charge in [0.25, 0.3) is 0 Å². The average molecular weight is 160 g/mol. The fourth-order valence-corrected chi connectivity index (χ4v) is 0.486. The van der Waals surface area contributed by atoms with Crippen molar-refractivity contribution < 1.29 is 0 Å². The Morgan fingerprint density at radius 2 is 1.55 bits per heavy atom. The monoisotopic (exact) mass is 160 g/mol. The molecule has 2 heteroatoms. The van der Waals surface area contributed by atoms with Gasteiger partial charge in [0.1, 0.15) is 0 Å². The second kappa shape index (κ2) is 12.6. The van der Waals surface area contributed by atoms with Crippen LogP contribution in [0, 0.1) is 0 Å². The molecule has 0 aromatic rings. The Bertz CT molecular complexity index is 53.5. The third-order valence-electron chi connectivity index (χ3n) is 0.928. The van der Waals surface area contributed by atoms with Gasteiger partial charge in [0.2, 0.25) is 0 Å². The van der Waals surface area contributed by atoms with E-state index in [1.54, 1.807) is 0 Å². The summed E-state index contributed by atoms with van der Waals surface area (Å²) in [6.45, 7) is 10.7. The van der Waals surface area contributed by atoms with E-state index in [-0.39, 0.29) is 0 Å². The van der Waals surface area contributed by atoms with Crippen LogP contribution in [-0.4, -0.2) is 26.2 Å². The van der Waals surface area contributed by atoms with Crippen molar-refractivity contribution in [1.82, 2.24) is 10.6 Å². The fourth-order valence-electron chi connectivity index (χ4n) is 0.486. The van der Waals surface area contributed by atoms with Crippen LogP contribution in [0.1, 0.15) is 34.1 Å². The van der Waals surface area contributed by atoms with E-state index in [4.69, 9.17) is 0 Å². The molecule has 70 valence electrons. The van der Waals surface area contributed by atoms with Crippen molar-refractivity contribution in [1.29, 1.82) is 0 Å². The van der Waals surface area contributed by atoms with Gasteiger partial charge in [-0.2, -0.15) is 0 Å². The first-order valence-electron chi connectivity index (χ1n) is 4.56. The van der Waals surface area contributed by atoms with Gasteiger partial charge in [0.05, 0.1) is 0 Å². The maximum Gasteiger partial charge on any atom is 0.00789 e. The molecule has 0 rings (SSSR count). The summed E-state index contributed by atoms with van der Waals surface area (Å²) in [5.41, 5.74) is 0. The number of rotatable bonds is 4. The lowest BCUT2D eigenvalue weighted by atomic mass is 10.4. The molecule has 0 bridgehead atoms. The zero-order valence-corrected chi connectivity index (χ0v) is 8.70. The van der Waals surface area contributed by atoms with Crippen LogP contribution >= 0.6 is 0 Å². The molecule has 11 heavy (non-hydrogen) atoms. The third kappa shape index (κ3) is 25.7. The molecule has 0 aromatic carbocycles. The highest BCUT2D eigenvalue weighted by Crippen LogP contribution is 1.71. The molecule has 0 aliphatic carbocycles. The molecule has 0 fully saturated rings. The van der Waals surface area contributed by atoms with Gasteiger partial charge in [-0.3, -0.25) is 0 Å². The molecule has 2 N–H and O–H groups in total. The molecule has 0 atom stereocenters. The minimum absolute atomic E-state index is 0.614. The number of likely N-dealkylation sites (N-methyl/N-ethyl adjacent to an activating group) is 1. The van der Waals surface area contributed by atoms with E-state index in [2.05, 4.69) is 38.3 Å². The van der Waals surface area contributed by atoms with Crippen molar-refractivity contribution >= 4 is 0 Å². The lowest BCUT2D eigenvalue weighted by Gasteiger charge is -2.05. The molecule has 0 spiro atoms. The summed E-state index contributed by atoms with van der Waals surface area (Å²) in [6, 6.07) is 0.614. The summed E-state index contributed by atoms with van der Waals surface area (Å²) in [5.74, 6) is 0. The Morgan fingerprint density at radius 1 is 1.09 bits per heavy atom. The number of nitrogens with one attached hydrogen (secondary N) is 2. The predicted molar refractivity (Wildman–Crippen MR) is 53.0 cm³/mol. The van der Waals surface area contributed by atoms with Gasteiger partial charge in [-0.15, -0.1) is 0 Å². The predicted octanol–water partition coefficient (Wildman–Crippen LogP) is 1.62. The minimum atomic E-state index is 0.614. The molecule has 0 aliphatic rings. The lowest BCUT2D eigenvalue weighted by molar-refractivity contribution is 0.574. The van der Waals surface area contributed by atoms with Gasteiger partial charge in [0.15, 0.2) is 0 Å². The molecule has 0 heterocycles. The molecule has 2 nitrogen and oxygen atoms in total. The van der Waals surface area contributed by atoms with Crippen molar-refractivity contribution in [3.05, 3.63) is 0 Å².